The first-order chi connectivity index (χ1) is 17.0. The van der Waals surface area contributed by atoms with Crippen molar-refractivity contribution in [3.05, 3.63) is 59.7 Å². The summed E-state index contributed by atoms with van der Waals surface area (Å²) in [5.74, 6) is -0.981. The summed E-state index contributed by atoms with van der Waals surface area (Å²) in [7, 11) is 0. The Hall–Kier alpha value is -3.39. The maximum atomic E-state index is 13.0. The summed E-state index contributed by atoms with van der Waals surface area (Å²) in [6.45, 7) is 0.574. The number of amides is 2. The first kappa shape index (κ1) is 22.1. The highest BCUT2D eigenvalue weighted by atomic mass is 16.5. The van der Waals surface area contributed by atoms with Crippen LogP contribution in [0.2, 0.25) is 0 Å². The van der Waals surface area contributed by atoms with Crippen LogP contribution in [0.25, 0.3) is 11.1 Å². The van der Waals surface area contributed by atoms with Crippen LogP contribution >= 0.6 is 0 Å². The summed E-state index contributed by atoms with van der Waals surface area (Å²) in [6.07, 6.45) is 1.06. The van der Waals surface area contributed by atoms with Crippen molar-refractivity contribution in [1.29, 1.82) is 0 Å². The fourth-order valence-electron chi connectivity index (χ4n) is 6.39. The predicted molar refractivity (Wildman–Crippen MR) is 126 cm³/mol. The van der Waals surface area contributed by atoms with E-state index in [1.807, 2.05) is 24.3 Å². The highest BCUT2D eigenvalue weighted by Gasteiger charge is 2.65. The molecule has 0 bridgehead atoms. The van der Waals surface area contributed by atoms with E-state index in [9.17, 15) is 19.5 Å². The zero-order chi connectivity index (χ0) is 24.2. The van der Waals surface area contributed by atoms with Gasteiger partial charge in [0.1, 0.15) is 6.61 Å². The van der Waals surface area contributed by atoms with Crippen LogP contribution in [0.4, 0.5) is 4.79 Å². The molecule has 35 heavy (non-hydrogen) atoms. The van der Waals surface area contributed by atoms with Crippen molar-refractivity contribution >= 4 is 18.0 Å². The molecule has 6 rings (SSSR count). The van der Waals surface area contributed by atoms with E-state index in [1.165, 1.54) is 11.1 Å². The number of rotatable bonds is 6. The third-order valence-corrected chi connectivity index (χ3v) is 8.18. The first-order valence-corrected chi connectivity index (χ1v) is 12.2. The number of nitrogens with one attached hydrogen (secondary N) is 2. The molecule has 2 aromatic rings. The number of carbonyl (C=O) groups excluding carboxylic acids is 2. The standard InChI is InChI=1S/C27H28N2O6/c30-24(31)23-22(9-10-34-23)29-25(32)27-12-15(27)11-16(13-27)28-26(33)35-14-21-19-7-3-1-5-17(19)18-6-2-4-8-20(18)21/h1-8,15-16,21-23H,9-14H2,(H,28,33)(H,29,32)(H,30,31)/t15-,16+,22+,23-,27+/m1/s1. The lowest BCUT2D eigenvalue weighted by atomic mass is 9.98. The smallest absolute Gasteiger partial charge is 0.407 e. The molecule has 2 aromatic carbocycles. The van der Waals surface area contributed by atoms with E-state index >= 15 is 0 Å². The van der Waals surface area contributed by atoms with Gasteiger partial charge in [0.25, 0.3) is 0 Å². The van der Waals surface area contributed by atoms with Crippen molar-refractivity contribution in [2.24, 2.45) is 11.3 Å². The topological polar surface area (TPSA) is 114 Å². The molecule has 0 unspecified atom stereocenters. The summed E-state index contributed by atoms with van der Waals surface area (Å²) >= 11 is 0. The number of alkyl carbamates (subject to hydrolysis) is 1. The lowest BCUT2D eigenvalue weighted by Gasteiger charge is -2.22. The highest BCUT2D eigenvalue weighted by Crippen LogP contribution is 2.63. The Kier molecular flexibility index (Phi) is 5.29. The van der Waals surface area contributed by atoms with Crippen molar-refractivity contribution in [1.82, 2.24) is 10.6 Å². The third-order valence-electron chi connectivity index (χ3n) is 8.18. The van der Waals surface area contributed by atoms with Crippen molar-refractivity contribution in [2.75, 3.05) is 13.2 Å². The first-order valence-electron chi connectivity index (χ1n) is 12.2. The van der Waals surface area contributed by atoms with Gasteiger partial charge in [0.05, 0.1) is 11.5 Å². The number of benzene rings is 2. The van der Waals surface area contributed by atoms with Crippen molar-refractivity contribution in [3.8, 4) is 11.1 Å². The van der Waals surface area contributed by atoms with Crippen molar-refractivity contribution < 1.29 is 29.0 Å². The number of aliphatic carboxylic acids is 1. The van der Waals surface area contributed by atoms with E-state index in [-0.39, 0.29) is 30.4 Å². The molecule has 1 aliphatic heterocycles. The number of fused-ring (bicyclic) bond motifs is 4. The minimum Gasteiger partial charge on any atom is -0.479 e. The Morgan fingerprint density at radius 3 is 2.37 bits per heavy atom. The fraction of sp³-hybridized carbons (Fsp3) is 0.444. The number of carbonyl (C=O) groups is 3. The average Bonchev–Trinajstić information content (AvgIpc) is 3.17. The average molecular weight is 477 g/mol. The van der Waals surface area contributed by atoms with Gasteiger partial charge in [0.2, 0.25) is 5.91 Å². The summed E-state index contributed by atoms with van der Waals surface area (Å²) in [5, 5.41) is 15.1. The van der Waals surface area contributed by atoms with Crippen LogP contribution in [0, 0.1) is 11.3 Å². The second-order valence-electron chi connectivity index (χ2n) is 10.2. The second-order valence-corrected chi connectivity index (χ2v) is 10.2. The quantitative estimate of drug-likeness (QED) is 0.591. The molecule has 1 saturated heterocycles. The minimum absolute atomic E-state index is 0.00179. The van der Waals surface area contributed by atoms with Crippen LogP contribution in [0.15, 0.2) is 48.5 Å². The zero-order valence-electron chi connectivity index (χ0n) is 19.2. The molecule has 182 valence electrons. The molecule has 0 radical (unpaired) electrons. The minimum atomic E-state index is -1.06. The normalized spacial score (nSPS) is 30.2. The summed E-state index contributed by atoms with van der Waals surface area (Å²) in [6, 6.07) is 15.8. The Bertz CT molecular complexity index is 1150. The van der Waals surface area contributed by atoms with Crippen molar-refractivity contribution in [2.45, 2.75) is 49.8 Å². The molecule has 3 N–H and O–H groups in total. The van der Waals surface area contributed by atoms with Crippen LogP contribution in [0.1, 0.15) is 42.7 Å². The Morgan fingerprint density at radius 2 is 1.69 bits per heavy atom. The molecule has 2 saturated carbocycles. The number of ether oxygens (including phenoxy) is 2. The molecule has 8 nitrogen and oxygen atoms in total. The van der Waals surface area contributed by atoms with E-state index in [2.05, 4.69) is 34.9 Å². The molecule has 5 atom stereocenters. The third kappa shape index (κ3) is 3.76. The fourth-order valence-corrected chi connectivity index (χ4v) is 6.39. The van der Waals surface area contributed by atoms with Crippen LogP contribution in [0.3, 0.4) is 0 Å². The van der Waals surface area contributed by atoms with Crippen LogP contribution in [0.5, 0.6) is 0 Å². The predicted octanol–water partition coefficient (Wildman–Crippen LogP) is 3.05. The molecule has 0 spiro atoms. The van der Waals surface area contributed by atoms with Crippen LogP contribution in [-0.4, -0.2) is 54.5 Å². The number of hydrogen-bond acceptors (Lipinski definition) is 5. The Morgan fingerprint density at radius 1 is 1.00 bits per heavy atom. The van der Waals surface area contributed by atoms with Gasteiger partial charge >= 0.3 is 12.1 Å². The number of carboxylic acids is 1. The summed E-state index contributed by atoms with van der Waals surface area (Å²) in [4.78, 5) is 37.0. The van der Waals surface area contributed by atoms with Gasteiger partial charge < -0.3 is 25.2 Å². The summed E-state index contributed by atoms with van der Waals surface area (Å²) in [5.41, 5.74) is 4.16. The van der Waals surface area contributed by atoms with E-state index < -0.39 is 29.6 Å². The number of carboxylic acid groups (broad SMARTS) is 1. The molecular formula is C27H28N2O6. The van der Waals surface area contributed by atoms with Gasteiger partial charge in [-0.1, -0.05) is 48.5 Å². The lowest BCUT2D eigenvalue weighted by Crippen LogP contribution is -2.47. The maximum Gasteiger partial charge on any atom is 0.407 e. The van der Waals surface area contributed by atoms with Gasteiger partial charge in [-0.05, 0) is 53.9 Å². The SMILES string of the molecule is O=C(N[C@H]1C[C@@H]2C[C@]2(C(=O)N[C@H]2CCO[C@H]2C(=O)O)C1)OCC1c2ccccc2-c2ccccc21. The van der Waals surface area contributed by atoms with E-state index in [4.69, 9.17) is 9.47 Å². The van der Waals surface area contributed by atoms with Gasteiger partial charge in [-0.25, -0.2) is 9.59 Å². The van der Waals surface area contributed by atoms with Gasteiger partial charge in [0.15, 0.2) is 6.10 Å². The highest BCUT2D eigenvalue weighted by molar-refractivity contribution is 5.88. The van der Waals surface area contributed by atoms with E-state index in [0.29, 0.717) is 19.4 Å². The van der Waals surface area contributed by atoms with E-state index in [0.717, 1.165) is 24.0 Å². The lowest BCUT2D eigenvalue weighted by molar-refractivity contribution is -0.148. The van der Waals surface area contributed by atoms with Crippen molar-refractivity contribution in [3.63, 3.8) is 0 Å². The molecule has 0 aromatic heterocycles. The monoisotopic (exact) mass is 476 g/mol. The molecule has 8 heteroatoms. The Balaban J connectivity index is 1.04. The summed E-state index contributed by atoms with van der Waals surface area (Å²) < 4.78 is 10.9. The molecule has 1 heterocycles. The Labute approximate surface area is 203 Å². The van der Waals surface area contributed by atoms with Crippen LogP contribution < -0.4 is 10.6 Å². The molecule has 3 aliphatic carbocycles. The zero-order valence-corrected chi connectivity index (χ0v) is 19.2. The second kappa shape index (κ2) is 8.37. The van der Waals surface area contributed by atoms with Gasteiger partial charge in [-0.15, -0.1) is 0 Å². The van der Waals surface area contributed by atoms with Gasteiger partial charge in [-0.3, -0.25) is 4.79 Å². The maximum absolute atomic E-state index is 13.0. The van der Waals surface area contributed by atoms with Crippen LogP contribution in [-0.2, 0) is 19.1 Å². The molecule has 2 amide bonds. The molecular weight excluding hydrogens is 448 g/mol. The molecule has 4 aliphatic rings. The van der Waals surface area contributed by atoms with Gasteiger partial charge in [0, 0.05) is 18.6 Å². The number of hydrogen-bond donors (Lipinski definition) is 3. The van der Waals surface area contributed by atoms with Gasteiger partial charge in [-0.2, -0.15) is 0 Å². The molecule has 3 fully saturated rings. The largest absolute Gasteiger partial charge is 0.479 e. The van der Waals surface area contributed by atoms with E-state index in [1.54, 1.807) is 0 Å².